The molecule has 0 radical (unpaired) electrons. The highest BCUT2D eigenvalue weighted by molar-refractivity contribution is 9.10. The van der Waals surface area contributed by atoms with Gasteiger partial charge in [0.15, 0.2) is 0 Å². The summed E-state index contributed by atoms with van der Waals surface area (Å²) in [4.78, 5) is 18.1. The van der Waals surface area contributed by atoms with Crippen molar-refractivity contribution in [3.8, 4) is 0 Å². The molecule has 1 aromatic heterocycles. The maximum Gasteiger partial charge on any atom is 0.272 e. The average Bonchev–Trinajstić information content (AvgIpc) is 2.33. The summed E-state index contributed by atoms with van der Waals surface area (Å²) in [6.07, 6.45) is 2.51. The van der Waals surface area contributed by atoms with Crippen LogP contribution in [0.25, 0.3) is 0 Å². The van der Waals surface area contributed by atoms with Crippen molar-refractivity contribution in [1.82, 2.24) is 9.88 Å². The predicted molar refractivity (Wildman–Crippen MR) is 84.1 cm³/mol. The highest BCUT2D eigenvalue weighted by Crippen LogP contribution is 2.17. The SMILES string of the molecule is CC1CN(C(=O)c2ccc(Br)cn2)CCC1N.Cl.Cl. The van der Waals surface area contributed by atoms with E-state index in [1.54, 1.807) is 12.3 Å². The number of hydrogen-bond donors (Lipinski definition) is 1. The van der Waals surface area contributed by atoms with E-state index in [0.29, 0.717) is 11.6 Å². The zero-order valence-electron chi connectivity index (χ0n) is 10.6. The lowest BCUT2D eigenvalue weighted by Crippen LogP contribution is -2.48. The number of amides is 1. The normalized spacial score (nSPS) is 22.2. The van der Waals surface area contributed by atoms with Crippen molar-refractivity contribution >= 4 is 46.7 Å². The van der Waals surface area contributed by atoms with Crippen LogP contribution in [0.1, 0.15) is 23.8 Å². The zero-order chi connectivity index (χ0) is 12.4. The molecule has 0 spiro atoms. The summed E-state index contributed by atoms with van der Waals surface area (Å²) in [5.74, 6) is 0.347. The Morgan fingerprint density at radius 1 is 1.47 bits per heavy atom. The first kappa shape index (κ1) is 18.6. The van der Waals surface area contributed by atoms with Crippen LogP contribution in [0.2, 0.25) is 0 Å². The molecule has 0 bridgehead atoms. The van der Waals surface area contributed by atoms with E-state index in [1.165, 1.54) is 0 Å². The Balaban J connectivity index is 0.00000162. The number of rotatable bonds is 1. The summed E-state index contributed by atoms with van der Waals surface area (Å²) in [6.45, 7) is 3.53. The Bertz CT molecular complexity index is 416. The number of hydrogen-bond acceptors (Lipinski definition) is 3. The second-order valence-electron chi connectivity index (χ2n) is 4.54. The third-order valence-corrected chi connectivity index (χ3v) is 3.67. The summed E-state index contributed by atoms with van der Waals surface area (Å²) < 4.78 is 0.878. The van der Waals surface area contributed by atoms with Crippen LogP contribution in [-0.4, -0.2) is 34.9 Å². The van der Waals surface area contributed by atoms with E-state index < -0.39 is 0 Å². The second kappa shape index (κ2) is 8.04. The van der Waals surface area contributed by atoms with Crippen molar-refractivity contribution in [2.75, 3.05) is 13.1 Å². The predicted octanol–water partition coefficient (Wildman–Crippen LogP) is 2.50. The molecule has 2 atom stereocenters. The first-order chi connectivity index (χ1) is 8.08. The van der Waals surface area contributed by atoms with Gasteiger partial charge in [0.05, 0.1) is 0 Å². The van der Waals surface area contributed by atoms with E-state index in [-0.39, 0.29) is 36.8 Å². The van der Waals surface area contributed by atoms with Crippen LogP contribution in [0.3, 0.4) is 0 Å². The molecule has 108 valence electrons. The van der Waals surface area contributed by atoms with Crippen LogP contribution >= 0.6 is 40.7 Å². The Morgan fingerprint density at radius 3 is 2.68 bits per heavy atom. The number of likely N-dealkylation sites (tertiary alicyclic amines) is 1. The molecule has 0 saturated carbocycles. The Kier molecular flexibility index (Phi) is 7.89. The smallest absolute Gasteiger partial charge is 0.272 e. The third kappa shape index (κ3) is 4.60. The van der Waals surface area contributed by atoms with Gasteiger partial charge in [0.25, 0.3) is 5.91 Å². The zero-order valence-corrected chi connectivity index (χ0v) is 13.8. The molecule has 1 fully saturated rings. The molecule has 4 nitrogen and oxygen atoms in total. The van der Waals surface area contributed by atoms with Gasteiger partial charge < -0.3 is 10.6 Å². The lowest BCUT2D eigenvalue weighted by Gasteiger charge is -2.34. The van der Waals surface area contributed by atoms with Gasteiger partial charge in [0.2, 0.25) is 0 Å². The van der Waals surface area contributed by atoms with Crippen molar-refractivity contribution in [3.05, 3.63) is 28.5 Å². The number of carbonyl (C=O) groups is 1. The fourth-order valence-electron chi connectivity index (χ4n) is 2.01. The maximum atomic E-state index is 12.2. The third-order valence-electron chi connectivity index (χ3n) is 3.21. The standard InChI is InChI=1S/C12H16BrN3O.2ClH/c1-8-7-16(5-4-10(8)14)12(17)11-3-2-9(13)6-15-11;;/h2-3,6,8,10H,4-5,7,14H2,1H3;2*1H. The highest BCUT2D eigenvalue weighted by Gasteiger charge is 2.27. The quantitative estimate of drug-likeness (QED) is 0.826. The molecule has 1 amide bonds. The van der Waals surface area contributed by atoms with E-state index >= 15 is 0 Å². The molecule has 2 N–H and O–H groups in total. The number of halogens is 3. The minimum atomic E-state index is -0.00347. The molecule has 7 heteroatoms. The fraction of sp³-hybridized carbons (Fsp3) is 0.500. The van der Waals surface area contributed by atoms with Gasteiger partial charge in [-0.2, -0.15) is 0 Å². The summed E-state index contributed by atoms with van der Waals surface area (Å²) >= 11 is 3.30. The van der Waals surface area contributed by atoms with Gasteiger partial charge in [-0.25, -0.2) is 4.98 Å². The number of nitrogens with two attached hydrogens (primary N) is 1. The Hall–Kier alpha value is -0.360. The van der Waals surface area contributed by atoms with Crippen LogP contribution in [0, 0.1) is 5.92 Å². The molecule has 1 aliphatic heterocycles. The molecule has 2 heterocycles. The van der Waals surface area contributed by atoms with Crippen molar-refractivity contribution < 1.29 is 4.79 Å². The molecule has 0 aromatic carbocycles. The summed E-state index contributed by atoms with van der Waals surface area (Å²) in [5.41, 5.74) is 6.44. The molecular formula is C12H18BrCl2N3O. The molecular weight excluding hydrogens is 353 g/mol. The first-order valence-electron chi connectivity index (χ1n) is 5.74. The molecule has 1 aromatic rings. The Labute approximate surface area is 134 Å². The topological polar surface area (TPSA) is 59.2 Å². The summed E-state index contributed by atoms with van der Waals surface area (Å²) in [6, 6.07) is 3.78. The van der Waals surface area contributed by atoms with E-state index in [9.17, 15) is 4.79 Å². The van der Waals surface area contributed by atoms with Crippen molar-refractivity contribution in [1.29, 1.82) is 0 Å². The first-order valence-corrected chi connectivity index (χ1v) is 6.53. The molecule has 19 heavy (non-hydrogen) atoms. The number of aromatic nitrogens is 1. The number of carbonyl (C=O) groups excluding carboxylic acids is 1. The van der Waals surface area contributed by atoms with Gasteiger partial charge in [-0.1, -0.05) is 6.92 Å². The Morgan fingerprint density at radius 2 is 2.16 bits per heavy atom. The van der Waals surface area contributed by atoms with Gasteiger partial charge in [-0.15, -0.1) is 24.8 Å². The van der Waals surface area contributed by atoms with Crippen LogP contribution < -0.4 is 5.73 Å². The van der Waals surface area contributed by atoms with Crippen LogP contribution in [-0.2, 0) is 0 Å². The molecule has 1 saturated heterocycles. The van der Waals surface area contributed by atoms with Crippen LogP contribution in [0.4, 0.5) is 0 Å². The lowest BCUT2D eigenvalue weighted by atomic mass is 9.94. The van der Waals surface area contributed by atoms with Gasteiger partial charge in [0, 0.05) is 29.8 Å². The van der Waals surface area contributed by atoms with Gasteiger partial charge in [-0.3, -0.25) is 4.79 Å². The fourth-order valence-corrected chi connectivity index (χ4v) is 2.25. The number of nitrogens with zero attached hydrogens (tertiary/aromatic N) is 2. The van der Waals surface area contributed by atoms with Crippen molar-refractivity contribution in [2.24, 2.45) is 11.7 Å². The number of pyridine rings is 1. The van der Waals surface area contributed by atoms with Crippen molar-refractivity contribution in [2.45, 2.75) is 19.4 Å². The van der Waals surface area contributed by atoms with E-state index in [1.807, 2.05) is 11.0 Å². The lowest BCUT2D eigenvalue weighted by molar-refractivity contribution is 0.0658. The van der Waals surface area contributed by atoms with Crippen LogP contribution in [0.15, 0.2) is 22.8 Å². The monoisotopic (exact) mass is 369 g/mol. The van der Waals surface area contributed by atoms with Crippen LogP contribution in [0.5, 0.6) is 0 Å². The van der Waals surface area contributed by atoms with Gasteiger partial charge >= 0.3 is 0 Å². The van der Waals surface area contributed by atoms with Crippen molar-refractivity contribution in [3.63, 3.8) is 0 Å². The molecule has 2 unspecified atom stereocenters. The summed E-state index contributed by atoms with van der Waals surface area (Å²) in [5, 5.41) is 0. The largest absolute Gasteiger partial charge is 0.337 e. The second-order valence-corrected chi connectivity index (χ2v) is 5.46. The molecule has 2 rings (SSSR count). The maximum absolute atomic E-state index is 12.2. The average molecular weight is 371 g/mol. The van der Waals surface area contributed by atoms with Gasteiger partial charge in [-0.05, 0) is 40.4 Å². The van der Waals surface area contributed by atoms with E-state index in [4.69, 9.17) is 5.73 Å². The minimum absolute atomic E-state index is 0. The molecule has 0 aliphatic carbocycles. The minimum Gasteiger partial charge on any atom is -0.337 e. The number of piperidine rings is 1. The summed E-state index contributed by atoms with van der Waals surface area (Å²) in [7, 11) is 0. The van der Waals surface area contributed by atoms with E-state index in [0.717, 1.165) is 24.0 Å². The molecule has 1 aliphatic rings. The highest BCUT2D eigenvalue weighted by atomic mass is 79.9. The van der Waals surface area contributed by atoms with E-state index in [2.05, 4.69) is 27.8 Å². The van der Waals surface area contributed by atoms with Gasteiger partial charge in [0.1, 0.15) is 5.69 Å².